The Morgan fingerprint density at radius 1 is 1.11 bits per heavy atom. The quantitative estimate of drug-likeness (QED) is 0.328. The van der Waals surface area contributed by atoms with Crippen molar-refractivity contribution in [1.82, 2.24) is 14.8 Å². The number of hydrogen-bond donors (Lipinski definition) is 2. The number of nitrogens with one attached hydrogen (secondary N) is 1. The van der Waals surface area contributed by atoms with Gasteiger partial charge in [0.1, 0.15) is 13.6 Å². The molecule has 2 aromatic heterocycles. The Kier molecular flexibility index (Phi) is 12.0. The number of amides is 2. The van der Waals surface area contributed by atoms with E-state index in [0.717, 1.165) is 56.5 Å². The van der Waals surface area contributed by atoms with Gasteiger partial charge < -0.3 is 30.4 Å². The average Bonchev–Trinajstić information content (AvgIpc) is 3.63. The van der Waals surface area contributed by atoms with Crippen molar-refractivity contribution in [2.24, 2.45) is 5.73 Å². The SMILES string of the molecule is C=C(Nc1ccc2nc(C)ccc2c1)[C@]1(C)CCCN1C(=O)CN1CCC[C@](N)(C/C=C/c2ccc(Cl)s2)C1=O.C=O.C=O. The first-order valence-electron chi connectivity index (χ1n) is 14.3. The van der Waals surface area contributed by atoms with E-state index in [1.807, 2.05) is 80.9 Å². The lowest BCUT2D eigenvalue weighted by molar-refractivity contribution is -0.147. The molecule has 0 spiro atoms. The molecule has 0 aliphatic carbocycles. The monoisotopic (exact) mass is 637 g/mol. The summed E-state index contributed by atoms with van der Waals surface area (Å²) in [7, 11) is 0. The Hall–Kier alpha value is -3.86. The summed E-state index contributed by atoms with van der Waals surface area (Å²) in [6.07, 6.45) is 7.31. The maximum atomic E-state index is 13.6. The van der Waals surface area contributed by atoms with Gasteiger partial charge in [-0.05, 0) is 88.4 Å². The van der Waals surface area contributed by atoms with Crippen LogP contribution in [0.2, 0.25) is 4.34 Å². The van der Waals surface area contributed by atoms with E-state index in [0.29, 0.717) is 25.9 Å². The maximum Gasteiger partial charge on any atom is 0.243 e. The van der Waals surface area contributed by atoms with Gasteiger partial charge in [0.25, 0.3) is 0 Å². The van der Waals surface area contributed by atoms with Gasteiger partial charge >= 0.3 is 0 Å². The Bertz CT molecular complexity index is 1520. The van der Waals surface area contributed by atoms with E-state index < -0.39 is 11.1 Å². The first kappa shape index (κ1) is 34.6. The van der Waals surface area contributed by atoms with E-state index >= 15 is 0 Å². The highest BCUT2D eigenvalue weighted by atomic mass is 35.5. The molecule has 0 radical (unpaired) electrons. The van der Waals surface area contributed by atoms with Gasteiger partial charge in [0, 0.05) is 40.4 Å². The second kappa shape index (κ2) is 15.2. The van der Waals surface area contributed by atoms with E-state index in [1.54, 1.807) is 4.90 Å². The van der Waals surface area contributed by atoms with Crippen molar-refractivity contribution in [2.45, 2.75) is 57.0 Å². The van der Waals surface area contributed by atoms with Crippen molar-refractivity contribution in [2.75, 3.05) is 25.0 Å². The fraction of sp³-hybridized carbons (Fsp3) is 0.364. The van der Waals surface area contributed by atoms with Gasteiger partial charge in [0.15, 0.2) is 0 Å². The predicted octanol–water partition coefficient (Wildman–Crippen LogP) is 5.62. The lowest BCUT2D eigenvalue weighted by Gasteiger charge is -2.41. The first-order valence-corrected chi connectivity index (χ1v) is 15.5. The molecular weight excluding hydrogens is 598 g/mol. The molecule has 0 bridgehead atoms. The Labute approximate surface area is 267 Å². The zero-order valence-corrected chi connectivity index (χ0v) is 26.9. The van der Waals surface area contributed by atoms with E-state index in [9.17, 15) is 9.59 Å². The number of piperidine rings is 1. The number of anilines is 1. The number of carbonyl (C=O) groups is 4. The van der Waals surface area contributed by atoms with Crippen LogP contribution in [0, 0.1) is 6.92 Å². The molecule has 4 heterocycles. The number of pyridine rings is 1. The van der Waals surface area contributed by atoms with Crippen LogP contribution >= 0.6 is 22.9 Å². The number of halogens is 1. The summed E-state index contributed by atoms with van der Waals surface area (Å²) in [6, 6.07) is 13.9. The number of likely N-dealkylation sites (tertiary alicyclic amines) is 2. The molecule has 234 valence electrons. The molecular formula is C33H40ClN5O4S. The van der Waals surface area contributed by atoms with E-state index in [4.69, 9.17) is 26.9 Å². The molecule has 3 aromatic rings. The molecule has 2 fully saturated rings. The molecule has 2 aliphatic heterocycles. The minimum absolute atomic E-state index is 0.0197. The molecule has 2 atom stereocenters. The summed E-state index contributed by atoms with van der Waals surface area (Å²) < 4.78 is 0.719. The summed E-state index contributed by atoms with van der Waals surface area (Å²) in [6.45, 7) is 13.5. The van der Waals surface area contributed by atoms with Crippen molar-refractivity contribution in [3.63, 3.8) is 0 Å². The molecule has 44 heavy (non-hydrogen) atoms. The molecule has 9 nitrogen and oxygen atoms in total. The lowest BCUT2D eigenvalue weighted by atomic mass is 9.85. The van der Waals surface area contributed by atoms with Crippen molar-refractivity contribution in [1.29, 1.82) is 0 Å². The van der Waals surface area contributed by atoms with Crippen LogP contribution in [0.4, 0.5) is 5.69 Å². The van der Waals surface area contributed by atoms with Gasteiger partial charge in [-0.15, -0.1) is 11.3 Å². The summed E-state index contributed by atoms with van der Waals surface area (Å²) >= 11 is 7.49. The van der Waals surface area contributed by atoms with Gasteiger partial charge in [-0.25, -0.2) is 0 Å². The molecule has 11 heteroatoms. The smallest absolute Gasteiger partial charge is 0.243 e. The van der Waals surface area contributed by atoms with Crippen LogP contribution in [-0.4, -0.2) is 70.9 Å². The van der Waals surface area contributed by atoms with E-state index in [-0.39, 0.29) is 18.4 Å². The third kappa shape index (κ3) is 7.80. The fourth-order valence-electron chi connectivity index (χ4n) is 5.79. The van der Waals surface area contributed by atoms with Crippen LogP contribution < -0.4 is 11.1 Å². The highest BCUT2D eigenvalue weighted by Crippen LogP contribution is 2.36. The number of benzene rings is 1. The van der Waals surface area contributed by atoms with E-state index in [2.05, 4.69) is 22.9 Å². The minimum Gasteiger partial charge on any atom is -0.357 e. The van der Waals surface area contributed by atoms with Crippen molar-refractivity contribution >= 4 is 71.0 Å². The molecule has 2 saturated heterocycles. The summed E-state index contributed by atoms with van der Waals surface area (Å²) in [5, 5.41) is 4.49. The van der Waals surface area contributed by atoms with Gasteiger partial charge in [0.05, 0.1) is 27.5 Å². The van der Waals surface area contributed by atoms with Crippen molar-refractivity contribution in [3.8, 4) is 0 Å². The lowest BCUT2D eigenvalue weighted by Crippen LogP contribution is -2.61. The molecule has 2 aliphatic rings. The number of aromatic nitrogens is 1. The summed E-state index contributed by atoms with van der Waals surface area (Å²) in [4.78, 5) is 52.2. The van der Waals surface area contributed by atoms with Crippen LogP contribution in [0.1, 0.15) is 49.6 Å². The van der Waals surface area contributed by atoms with Gasteiger partial charge in [-0.2, -0.15) is 0 Å². The molecule has 0 unspecified atom stereocenters. The molecule has 3 N–H and O–H groups in total. The molecule has 5 rings (SSSR count). The number of rotatable bonds is 8. The standard InChI is InChI=1S/C31H36ClN5O2S.2CH2O/c1-21-8-9-23-19-24(10-12-26(23)34-21)35-22(2)30(3)14-5-18-37(30)28(38)20-36-17-6-16-31(33,29(36)39)15-4-7-25-11-13-27(32)40-25;2*1-2/h4,7-13,19,35H,2,5-6,14-18,20,33H2,1,3H3;2*1H2/b7-4+;;/t30-,31+;;/m0../s1. The van der Waals surface area contributed by atoms with Crippen molar-refractivity contribution in [3.05, 3.63) is 75.7 Å². The molecule has 2 amide bonds. The van der Waals surface area contributed by atoms with Gasteiger partial charge in [-0.1, -0.05) is 30.3 Å². The third-order valence-corrected chi connectivity index (χ3v) is 9.36. The normalized spacial score (nSPS) is 21.4. The maximum absolute atomic E-state index is 13.6. The topological polar surface area (TPSA) is 126 Å². The Balaban J connectivity index is 0.00000127. The summed E-state index contributed by atoms with van der Waals surface area (Å²) in [5.74, 6) is -0.249. The fourth-order valence-corrected chi connectivity index (χ4v) is 6.78. The third-order valence-electron chi connectivity index (χ3n) is 8.16. The predicted molar refractivity (Wildman–Crippen MR) is 179 cm³/mol. The van der Waals surface area contributed by atoms with Gasteiger partial charge in [-0.3, -0.25) is 14.6 Å². The number of thiophene rings is 1. The van der Waals surface area contributed by atoms with Crippen LogP contribution in [0.3, 0.4) is 0 Å². The Morgan fingerprint density at radius 2 is 1.84 bits per heavy atom. The highest BCUT2D eigenvalue weighted by molar-refractivity contribution is 7.17. The molecule has 1 aromatic carbocycles. The van der Waals surface area contributed by atoms with Crippen molar-refractivity contribution < 1.29 is 19.2 Å². The van der Waals surface area contributed by atoms with Crippen LogP contribution in [0.15, 0.2) is 60.8 Å². The largest absolute Gasteiger partial charge is 0.357 e. The number of aryl methyl sites for hydroxylation is 1. The Morgan fingerprint density at radius 3 is 2.55 bits per heavy atom. The van der Waals surface area contributed by atoms with Gasteiger partial charge in [0.2, 0.25) is 11.8 Å². The second-order valence-electron chi connectivity index (χ2n) is 11.1. The van der Waals surface area contributed by atoms with Crippen LogP contribution in [0.25, 0.3) is 17.0 Å². The second-order valence-corrected chi connectivity index (χ2v) is 12.9. The number of hydrogen-bond acceptors (Lipinski definition) is 8. The van der Waals surface area contributed by atoms with Crippen LogP contribution in [-0.2, 0) is 19.2 Å². The highest BCUT2D eigenvalue weighted by Gasteiger charge is 2.45. The average molecular weight is 638 g/mol. The number of carbonyl (C=O) groups excluding carboxylic acids is 4. The number of nitrogens with zero attached hydrogens (tertiary/aromatic N) is 3. The number of nitrogens with two attached hydrogens (primary N) is 1. The first-order chi connectivity index (χ1) is 21.1. The van der Waals surface area contributed by atoms with Crippen LogP contribution in [0.5, 0.6) is 0 Å². The van der Waals surface area contributed by atoms with E-state index in [1.165, 1.54) is 11.3 Å². The zero-order valence-electron chi connectivity index (χ0n) is 25.3. The number of fused-ring (bicyclic) bond motifs is 1. The molecule has 0 saturated carbocycles. The minimum atomic E-state index is -1.01. The zero-order chi connectivity index (χ0) is 32.5. The summed E-state index contributed by atoms with van der Waals surface area (Å²) in [5.41, 5.74) is 8.60.